The van der Waals surface area contributed by atoms with Crippen LogP contribution in [0.3, 0.4) is 0 Å². The molecule has 0 unspecified atom stereocenters. The fourth-order valence-corrected chi connectivity index (χ4v) is 2.04. The number of hydrogen-bond donors (Lipinski definition) is 1. The van der Waals surface area contributed by atoms with E-state index in [1.807, 2.05) is 13.0 Å². The summed E-state index contributed by atoms with van der Waals surface area (Å²) >= 11 is 0. The van der Waals surface area contributed by atoms with Crippen LogP contribution in [0.1, 0.15) is 71.1 Å². The molecule has 2 heteroatoms. The van der Waals surface area contributed by atoms with E-state index in [0.29, 0.717) is 0 Å². The lowest BCUT2D eigenvalue weighted by molar-refractivity contribution is -0.131. The summed E-state index contributed by atoms with van der Waals surface area (Å²) in [6, 6.07) is 0. The highest BCUT2D eigenvalue weighted by atomic mass is 16.4. The smallest absolute Gasteiger partial charge is 0.328 e. The van der Waals surface area contributed by atoms with Crippen LogP contribution in [0.4, 0.5) is 0 Å². The highest BCUT2D eigenvalue weighted by molar-refractivity contribution is 5.80. The number of hydrogen-bond acceptors (Lipinski definition) is 1. The molecule has 0 aromatic rings. The third-order valence-electron chi connectivity index (χ3n) is 3.10. The van der Waals surface area contributed by atoms with E-state index in [2.05, 4.69) is 6.58 Å². The van der Waals surface area contributed by atoms with Gasteiger partial charge in [0.1, 0.15) is 0 Å². The van der Waals surface area contributed by atoms with E-state index in [0.717, 1.165) is 24.8 Å². The van der Waals surface area contributed by atoms with Crippen molar-refractivity contribution in [3.05, 3.63) is 24.3 Å². The zero-order valence-corrected chi connectivity index (χ0v) is 11.8. The minimum Gasteiger partial charge on any atom is -0.478 e. The van der Waals surface area contributed by atoms with Gasteiger partial charge >= 0.3 is 5.97 Å². The average Bonchev–Trinajstić information content (AvgIpc) is 2.30. The highest BCUT2D eigenvalue weighted by Crippen LogP contribution is 2.13. The second-order valence-corrected chi connectivity index (χ2v) is 4.98. The van der Waals surface area contributed by atoms with Gasteiger partial charge < -0.3 is 5.11 Å². The maximum atomic E-state index is 10.4. The number of carboxylic acids is 1. The van der Waals surface area contributed by atoms with E-state index < -0.39 is 5.97 Å². The first kappa shape index (κ1) is 16.9. The molecule has 0 fully saturated rings. The fourth-order valence-electron chi connectivity index (χ4n) is 2.04. The summed E-state index contributed by atoms with van der Waals surface area (Å²) in [6.07, 6.45) is 15.6. The quantitative estimate of drug-likeness (QED) is 0.298. The van der Waals surface area contributed by atoms with Crippen molar-refractivity contribution in [1.82, 2.24) is 0 Å². The average molecular weight is 252 g/mol. The zero-order valence-electron chi connectivity index (χ0n) is 11.8. The van der Waals surface area contributed by atoms with Gasteiger partial charge in [0.05, 0.1) is 0 Å². The van der Waals surface area contributed by atoms with Gasteiger partial charge in [0.15, 0.2) is 0 Å². The Morgan fingerprint density at radius 2 is 1.50 bits per heavy atom. The van der Waals surface area contributed by atoms with Crippen LogP contribution in [0, 0.1) is 0 Å². The third kappa shape index (κ3) is 13.0. The molecule has 0 aromatic heterocycles. The zero-order chi connectivity index (χ0) is 13.6. The summed E-state index contributed by atoms with van der Waals surface area (Å²) in [5.41, 5.74) is 0.979. The van der Waals surface area contributed by atoms with Crippen molar-refractivity contribution in [2.75, 3.05) is 0 Å². The summed E-state index contributed by atoms with van der Waals surface area (Å²) in [6.45, 7) is 5.62. The van der Waals surface area contributed by atoms with Gasteiger partial charge in [-0.1, -0.05) is 50.2 Å². The van der Waals surface area contributed by atoms with Crippen LogP contribution in [0.25, 0.3) is 0 Å². The Hall–Kier alpha value is -1.05. The van der Waals surface area contributed by atoms with Crippen molar-refractivity contribution in [2.24, 2.45) is 0 Å². The first-order valence-corrected chi connectivity index (χ1v) is 7.18. The maximum Gasteiger partial charge on any atom is 0.328 e. The largest absolute Gasteiger partial charge is 0.478 e. The Labute approximate surface area is 112 Å². The van der Waals surface area contributed by atoms with E-state index in [-0.39, 0.29) is 0 Å². The molecule has 0 saturated carbocycles. The monoisotopic (exact) mass is 252 g/mol. The van der Waals surface area contributed by atoms with Crippen LogP contribution >= 0.6 is 0 Å². The summed E-state index contributed by atoms with van der Waals surface area (Å²) in [5, 5.41) is 8.56. The molecule has 0 rings (SSSR count). The van der Waals surface area contributed by atoms with Gasteiger partial charge in [-0.3, -0.25) is 0 Å². The van der Waals surface area contributed by atoms with E-state index in [1.165, 1.54) is 51.0 Å². The van der Waals surface area contributed by atoms with Gasteiger partial charge in [0.25, 0.3) is 0 Å². The summed E-state index contributed by atoms with van der Waals surface area (Å²) in [7, 11) is 0. The Bertz CT molecular complexity index is 254. The van der Waals surface area contributed by atoms with Gasteiger partial charge in [-0.15, -0.1) is 6.58 Å². The van der Waals surface area contributed by atoms with Crippen molar-refractivity contribution in [2.45, 2.75) is 71.1 Å². The lowest BCUT2D eigenvalue weighted by Gasteiger charge is -2.02. The molecule has 0 spiro atoms. The fraction of sp³-hybridized carbons (Fsp3) is 0.688. The molecular weight excluding hydrogens is 224 g/mol. The second kappa shape index (κ2) is 12.4. The topological polar surface area (TPSA) is 37.3 Å². The van der Waals surface area contributed by atoms with Crippen LogP contribution in [-0.2, 0) is 4.79 Å². The molecule has 0 atom stereocenters. The Balaban J connectivity index is 3.21. The molecule has 0 amide bonds. The number of aliphatic carboxylic acids is 1. The van der Waals surface area contributed by atoms with Gasteiger partial charge in [0.2, 0.25) is 0 Å². The lowest BCUT2D eigenvalue weighted by Crippen LogP contribution is -1.90. The third-order valence-corrected chi connectivity index (χ3v) is 3.10. The Kier molecular flexibility index (Phi) is 11.7. The van der Waals surface area contributed by atoms with Crippen LogP contribution in [0.5, 0.6) is 0 Å². The van der Waals surface area contributed by atoms with Crippen LogP contribution < -0.4 is 0 Å². The molecule has 0 heterocycles. The SMILES string of the molecule is C=CCCCCCCCCCCC(C)=CC(=O)O. The first-order valence-electron chi connectivity index (χ1n) is 7.18. The van der Waals surface area contributed by atoms with Gasteiger partial charge in [-0.05, 0) is 32.6 Å². The van der Waals surface area contributed by atoms with E-state index in [1.54, 1.807) is 0 Å². The van der Waals surface area contributed by atoms with Gasteiger partial charge in [0, 0.05) is 6.08 Å². The second-order valence-electron chi connectivity index (χ2n) is 4.98. The predicted molar refractivity (Wildman–Crippen MR) is 77.8 cm³/mol. The molecule has 18 heavy (non-hydrogen) atoms. The molecule has 0 radical (unpaired) electrons. The van der Waals surface area contributed by atoms with Crippen molar-refractivity contribution in [1.29, 1.82) is 0 Å². The number of carboxylic acid groups (broad SMARTS) is 1. The van der Waals surface area contributed by atoms with Crippen molar-refractivity contribution in [3.8, 4) is 0 Å². The normalized spacial score (nSPS) is 11.5. The Morgan fingerprint density at radius 3 is 2.00 bits per heavy atom. The molecule has 0 aromatic carbocycles. The summed E-state index contributed by atoms with van der Waals surface area (Å²) in [5.74, 6) is -0.827. The first-order chi connectivity index (χ1) is 8.66. The van der Waals surface area contributed by atoms with Gasteiger partial charge in [-0.25, -0.2) is 4.79 Å². The van der Waals surface area contributed by atoms with Crippen molar-refractivity contribution in [3.63, 3.8) is 0 Å². The van der Waals surface area contributed by atoms with E-state index in [9.17, 15) is 4.79 Å². The molecule has 0 saturated heterocycles. The number of rotatable bonds is 12. The number of carbonyl (C=O) groups is 1. The standard InChI is InChI=1S/C16H28O2/c1-3-4-5-6-7-8-9-10-11-12-13-15(2)14-16(17)18/h3,14H,1,4-13H2,2H3,(H,17,18). The van der Waals surface area contributed by atoms with E-state index >= 15 is 0 Å². The molecule has 1 N–H and O–H groups in total. The van der Waals surface area contributed by atoms with Crippen molar-refractivity contribution >= 4 is 5.97 Å². The Morgan fingerprint density at radius 1 is 1.00 bits per heavy atom. The minimum atomic E-state index is -0.827. The van der Waals surface area contributed by atoms with E-state index in [4.69, 9.17) is 5.11 Å². The maximum absolute atomic E-state index is 10.4. The minimum absolute atomic E-state index is 0.827. The molecule has 2 nitrogen and oxygen atoms in total. The molecular formula is C16H28O2. The number of unbranched alkanes of at least 4 members (excludes halogenated alkanes) is 8. The predicted octanol–water partition coefficient (Wildman–Crippen LogP) is 5.10. The molecule has 0 aliphatic carbocycles. The summed E-state index contributed by atoms with van der Waals surface area (Å²) in [4.78, 5) is 10.4. The summed E-state index contributed by atoms with van der Waals surface area (Å²) < 4.78 is 0. The molecule has 104 valence electrons. The van der Waals surface area contributed by atoms with Crippen LogP contribution in [-0.4, -0.2) is 11.1 Å². The van der Waals surface area contributed by atoms with Crippen LogP contribution in [0.2, 0.25) is 0 Å². The van der Waals surface area contributed by atoms with Gasteiger partial charge in [-0.2, -0.15) is 0 Å². The molecule has 0 aliphatic rings. The highest BCUT2D eigenvalue weighted by Gasteiger charge is 1.96. The van der Waals surface area contributed by atoms with Crippen molar-refractivity contribution < 1.29 is 9.90 Å². The molecule has 0 aliphatic heterocycles. The van der Waals surface area contributed by atoms with Crippen LogP contribution in [0.15, 0.2) is 24.3 Å². The lowest BCUT2D eigenvalue weighted by atomic mass is 10.0. The molecule has 0 bridgehead atoms. The number of allylic oxidation sites excluding steroid dienone is 2.